The SMILES string of the molecule is CCCCC(Cc1c(C)cccc1C)NCCC. The Balaban J connectivity index is 2.68. The van der Waals surface area contributed by atoms with Crippen molar-refractivity contribution in [3.63, 3.8) is 0 Å². The van der Waals surface area contributed by atoms with Crippen LogP contribution < -0.4 is 5.32 Å². The first-order valence-electron chi connectivity index (χ1n) is 7.47. The van der Waals surface area contributed by atoms with Crippen LogP contribution in [0.15, 0.2) is 18.2 Å². The molecule has 1 unspecified atom stereocenters. The summed E-state index contributed by atoms with van der Waals surface area (Å²) in [5.41, 5.74) is 4.42. The van der Waals surface area contributed by atoms with Crippen LogP contribution in [0.25, 0.3) is 0 Å². The fourth-order valence-corrected chi connectivity index (χ4v) is 2.49. The van der Waals surface area contributed by atoms with Crippen LogP contribution in [-0.4, -0.2) is 12.6 Å². The Hall–Kier alpha value is -0.820. The van der Waals surface area contributed by atoms with Gasteiger partial charge in [0.05, 0.1) is 0 Å². The Morgan fingerprint density at radius 1 is 1.06 bits per heavy atom. The lowest BCUT2D eigenvalue weighted by Gasteiger charge is -2.20. The van der Waals surface area contributed by atoms with Gasteiger partial charge in [0.1, 0.15) is 0 Å². The minimum Gasteiger partial charge on any atom is -0.314 e. The van der Waals surface area contributed by atoms with E-state index in [-0.39, 0.29) is 0 Å². The fraction of sp³-hybridized carbons (Fsp3) is 0.647. The second kappa shape index (κ2) is 8.31. The first kappa shape index (κ1) is 15.2. The first-order chi connectivity index (χ1) is 8.69. The van der Waals surface area contributed by atoms with Crippen LogP contribution in [0.4, 0.5) is 0 Å². The third-order valence-corrected chi connectivity index (χ3v) is 3.68. The lowest BCUT2D eigenvalue weighted by atomic mass is 9.94. The summed E-state index contributed by atoms with van der Waals surface area (Å²) in [7, 11) is 0. The smallest absolute Gasteiger partial charge is 0.0108 e. The predicted octanol–water partition coefficient (Wildman–Crippen LogP) is 4.40. The zero-order valence-corrected chi connectivity index (χ0v) is 12.6. The van der Waals surface area contributed by atoms with E-state index in [2.05, 4.69) is 51.2 Å². The fourth-order valence-electron chi connectivity index (χ4n) is 2.49. The molecule has 0 aliphatic rings. The molecule has 1 atom stereocenters. The van der Waals surface area contributed by atoms with Gasteiger partial charge in [-0.05, 0) is 56.3 Å². The number of nitrogens with one attached hydrogen (secondary N) is 1. The molecule has 0 fully saturated rings. The third-order valence-electron chi connectivity index (χ3n) is 3.68. The van der Waals surface area contributed by atoms with Crippen molar-refractivity contribution in [1.29, 1.82) is 0 Å². The predicted molar refractivity (Wildman–Crippen MR) is 81.2 cm³/mol. The van der Waals surface area contributed by atoms with Crippen molar-refractivity contribution in [2.75, 3.05) is 6.54 Å². The summed E-state index contributed by atoms with van der Waals surface area (Å²) in [5, 5.41) is 3.71. The molecule has 1 aromatic rings. The minimum absolute atomic E-state index is 0.643. The van der Waals surface area contributed by atoms with Crippen LogP contribution in [0, 0.1) is 13.8 Å². The van der Waals surface area contributed by atoms with Gasteiger partial charge in [-0.2, -0.15) is 0 Å². The maximum absolute atomic E-state index is 3.71. The molecule has 1 nitrogen and oxygen atoms in total. The van der Waals surface area contributed by atoms with Gasteiger partial charge in [0, 0.05) is 6.04 Å². The van der Waals surface area contributed by atoms with Gasteiger partial charge in [0.15, 0.2) is 0 Å². The number of hydrogen-bond acceptors (Lipinski definition) is 1. The minimum atomic E-state index is 0.643. The van der Waals surface area contributed by atoms with Crippen molar-refractivity contribution >= 4 is 0 Å². The van der Waals surface area contributed by atoms with Crippen molar-refractivity contribution in [2.24, 2.45) is 0 Å². The zero-order chi connectivity index (χ0) is 13.4. The quantitative estimate of drug-likeness (QED) is 0.717. The number of rotatable bonds is 8. The summed E-state index contributed by atoms with van der Waals surface area (Å²) in [6.07, 6.45) is 6.31. The molecule has 0 aliphatic carbocycles. The average molecular weight is 247 g/mol. The van der Waals surface area contributed by atoms with E-state index in [1.54, 1.807) is 5.56 Å². The summed E-state index contributed by atoms with van der Waals surface area (Å²) >= 11 is 0. The molecule has 0 amide bonds. The topological polar surface area (TPSA) is 12.0 Å². The van der Waals surface area contributed by atoms with Crippen molar-refractivity contribution in [2.45, 2.75) is 65.8 Å². The molecular formula is C17H29N. The molecular weight excluding hydrogens is 218 g/mol. The highest BCUT2D eigenvalue weighted by Crippen LogP contribution is 2.17. The molecule has 18 heavy (non-hydrogen) atoms. The summed E-state index contributed by atoms with van der Waals surface area (Å²) in [5.74, 6) is 0. The Morgan fingerprint density at radius 2 is 1.72 bits per heavy atom. The van der Waals surface area contributed by atoms with E-state index in [4.69, 9.17) is 0 Å². The largest absolute Gasteiger partial charge is 0.314 e. The molecule has 0 radical (unpaired) electrons. The highest BCUT2D eigenvalue weighted by atomic mass is 14.9. The number of unbranched alkanes of at least 4 members (excludes halogenated alkanes) is 1. The molecule has 1 heteroatoms. The van der Waals surface area contributed by atoms with Crippen LogP contribution in [0.5, 0.6) is 0 Å². The molecule has 102 valence electrons. The van der Waals surface area contributed by atoms with Gasteiger partial charge < -0.3 is 5.32 Å². The standard InChI is InChI=1S/C17H29N/c1-5-7-11-16(18-12-6-2)13-17-14(3)9-8-10-15(17)4/h8-10,16,18H,5-7,11-13H2,1-4H3. The van der Waals surface area contributed by atoms with Gasteiger partial charge in [-0.3, -0.25) is 0 Å². The van der Waals surface area contributed by atoms with Crippen LogP contribution in [0.3, 0.4) is 0 Å². The highest BCUT2D eigenvalue weighted by Gasteiger charge is 2.11. The van der Waals surface area contributed by atoms with Crippen LogP contribution >= 0.6 is 0 Å². The van der Waals surface area contributed by atoms with E-state index in [1.165, 1.54) is 43.2 Å². The maximum Gasteiger partial charge on any atom is 0.0108 e. The number of aryl methyl sites for hydroxylation is 2. The normalized spacial score (nSPS) is 12.7. The Labute approximate surface area is 113 Å². The van der Waals surface area contributed by atoms with Gasteiger partial charge in [0.2, 0.25) is 0 Å². The maximum atomic E-state index is 3.71. The van der Waals surface area contributed by atoms with Gasteiger partial charge >= 0.3 is 0 Å². The molecule has 0 saturated carbocycles. The Morgan fingerprint density at radius 3 is 2.28 bits per heavy atom. The molecule has 0 saturated heterocycles. The third kappa shape index (κ3) is 4.81. The van der Waals surface area contributed by atoms with Crippen molar-refractivity contribution < 1.29 is 0 Å². The van der Waals surface area contributed by atoms with Crippen LogP contribution in [-0.2, 0) is 6.42 Å². The molecule has 0 aromatic heterocycles. The van der Waals surface area contributed by atoms with Gasteiger partial charge in [-0.15, -0.1) is 0 Å². The monoisotopic (exact) mass is 247 g/mol. The summed E-state index contributed by atoms with van der Waals surface area (Å²) < 4.78 is 0. The van der Waals surface area contributed by atoms with E-state index in [0.29, 0.717) is 6.04 Å². The number of hydrogen-bond donors (Lipinski definition) is 1. The van der Waals surface area contributed by atoms with E-state index in [0.717, 1.165) is 6.54 Å². The van der Waals surface area contributed by atoms with Gasteiger partial charge in [-0.25, -0.2) is 0 Å². The van der Waals surface area contributed by atoms with E-state index >= 15 is 0 Å². The summed E-state index contributed by atoms with van der Waals surface area (Å²) in [4.78, 5) is 0. The molecule has 1 aromatic carbocycles. The Kier molecular flexibility index (Phi) is 7.04. The molecule has 1 rings (SSSR count). The molecule has 0 heterocycles. The van der Waals surface area contributed by atoms with Crippen molar-refractivity contribution in [1.82, 2.24) is 5.32 Å². The van der Waals surface area contributed by atoms with E-state index < -0.39 is 0 Å². The van der Waals surface area contributed by atoms with E-state index in [9.17, 15) is 0 Å². The van der Waals surface area contributed by atoms with Crippen molar-refractivity contribution in [3.8, 4) is 0 Å². The average Bonchev–Trinajstić information content (AvgIpc) is 2.36. The lowest BCUT2D eigenvalue weighted by molar-refractivity contribution is 0.461. The molecule has 1 N–H and O–H groups in total. The zero-order valence-electron chi connectivity index (χ0n) is 12.6. The van der Waals surface area contributed by atoms with Gasteiger partial charge in [0.25, 0.3) is 0 Å². The number of benzene rings is 1. The van der Waals surface area contributed by atoms with E-state index in [1.807, 2.05) is 0 Å². The summed E-state index contributed by atoms with van der Waals surface area (Å²) in [6.45, 7) is 10.1. The second-order valence-electron chi connectivity index (χ2n) is 5.37. The first-order valence-corrected chi connectivity index (χ1v) is 7.47. The highest BCUT2D eigenvalue weighted by molar-refractivity contribution is 5.34. The van der Waals surface area contributed by atoms with Crippen molar-refractivity contribution in [3.05, 3.63) is 34.9 Å². The molecule has 0 spiro atoms. The molecule has 0 bridgehead atoms. The lowest BCUT2D eigenvalue weighted by Crippen LogP contribution is -2.32. The molecule has 0 aliphatic heterocycles. The second-order valence-corrected chi connectivity index (χ2v) is 5.37. The van der Waals surface area contributed by atoms with Gasteiger partial charge in [-0.1, -0.05) is 44.9 Å². The van der Waals surface area contributed by atoms with Crippen LogP contribution in [0.2, 0.25) is 0 Å². The summed E-state index contributed by atoms with van der Waals surface area (Å²) in [6, 6.07) is 7.27. The van der Waals surface area contributed by atoms with Crippen LogP contribution in [0.1, 0.15) is 56.2 Å². The Bertz CT molecular complexity index is 315.